The van der Waals surface area contributed by atoms with Crippen molar-refractivity contribution in [1.29, 1.82) is 0 Å². The number of carbonyl (C=O) groups is 1. The number of benzene rings is 3. The fourth-order valence-corrected chi connectivity index (χ4v) is 7.00. The average molecular weight is 714 g/mol. The Bertz CT molecular complexity index is 1900. The summed E-state index contributed by atoms with van der Waals surface area (Å²) in [5.41, 5.74) is 6.60. The topological polar surface area (TPSA) is 81.9 Å². The Kier molecular flexibility index (Phi) is 12.8. The van der Waals surface area contributed by atoms with Crippen LogP contribution in [-0.2, 0) is 22.2 Å². The first-order valence-corrected chi connectivity index (χ1v) is 19.4. The van der Waals surface area contributed by atoms with Crippen molar-refractivity contribution in [2.75, 3.05) is 18.9 Å². The maximum atomic E-state index is 12.5. The molecule has 5 rings (SSSR count). The summed E-state index contributed by atoms with van der Waals surface area (Å²) in [5.74, 6) is 1.90. The molecule has 0 saturated carbocycles. The second kappa shape index (κ2) is 17.1. The standard InChI is InChI=1S/C41H52ClN5O2S/c1-7-40(3,4)30-21-22-35(33(27-30)41(5,6)8-2)49-24-13-12-23-43-36(48)20-11-14-25-50-39-44-38-37(45-46-39)32-18-9-10-19-34(32)47(38)28-29-16-15-17-31(42)26-29/h9-10,15-19,21-22,26-27H,7-8,11-14,20,23-25,28H2,1-6H3,(H,43,48). The predicted octanol–water partition coefficient (Wildman–Crippen LogP) is 10.3. The molecule has 5 aromatic rings. The van der Waals surface area contributed by atoms with Crippen LogP contribution in [0, 0.1) is 0 Å². The Morgan fingerprint density at radius 2 is 1.70 bits per heavy atom. The van der Waals surface area contributed by atoms with Crippen molar-refractivity contribution in [3.8, 4) is 5.75 Å². The molecule has 0 radical (unpaired) electrons. The van der Waals surface area contributed by atoms with Crippen LogP contribution < -0.4 is 10.1 Å². The molecule has 7 nitrogen and oxygen atoms in total. The molecule has 0 unspecified atom stereocenters. The minimum atomic E-state index is 0.0403. The van der Waals surface area contributed by atoms with Gasteiger partial charge in [-0.05, 0) is 84.7 Å². The Labute approximate surface area is 307 Å². The molecule has 0 fully saturated rings. The molecule has 2 aromatic heterocycles. The van der Waals surface area contributed by atoms with Crippen LogP contribution in [0.5, 0.6) is 5.75 Å². The summed E-state index contributed by atoms with van der Waals surface area (Å²) in [5, 5.41) is 14.5. The minimum Gasteiger partial charge on any atom is -0.493 e. The van der Waals surface area contributed by atoms with Crippen molar-refractivity contribution >= 4 is 51.3 Å². The monoisotopic (exact) mass is 713 g/mol. The molecule has 0 spiro atoms. The molecule has 2 heterocycles. The lowest BCUT2D eigenvalue weighted by atomic mass is 9.76. The van der Waals surface area contributed by atoms with Gasteiger partial charge in [-0.2, -0.15) is 0 Å². The molecule has 0 aliphatic heterocycles. The molecule has 50 heavy (non-hydrogen) atoms. The van der Waals surface area contributed by atoms with E-state index in [-0.39, 0.29) is 16.7 Å². The van der Waals surface area contributed by atoms with Gasteiger partial charge in [-0.3, -0.25) is 4.79 Å². The predicted molar refractivity (Wildman–Crippen MR) is 209 cm³/mol. The minimum absolute atomic E-state index is 0.0403. The van der Waals surface area contributed by atoms with E-state index in [1.807, 2.05) is 30.3 Å². The van der Waals surface area contributed by atoms with Crippen LogP contribution in [-0.4, -0.2) is 44.6 Å². The van der Waals surface area contributed by atoms with Gasteiger partial charge in [-0.25, -0.2) is 4.98 Å². The van der Waals surface area contributed by atoms with Crippen molar-refractivity contribution in [2.24, 2.45) is 0 Å². The van der Waals surface area contributed by atoms with Crippen molar-refractivity contribution in [3.05, 3.63) is 88.4 Å². The van der Waals surface area contributed by atoms with E-state index in [1.165, 1.54) is 11.1 Å². The third-order valence-electron chi connectivity index (χ3n) is 10.0. The van der Waals surface area contributed by atoms with E-state index in [0.29, 0.717) is 36.3 Å². The number of aromatic nitrogens is 4. The van der Waals surface area contributed by atoms with Gasteiger partial charge in [0, 0.05) is 41.2 Å². The molecule has 266 valence electrons. The highest BCUT2D eigenvalue weighted by Crippen LogP contribution is 2.38. The second-order valence-electron chi connectivity index (χ2n) is 14.4. The van der Waals surface area contributed by atoms with Crippen LogP contribution in [0.2, 0.25) is 5.02 Å². The molecule has 0 atom stereocenters. The van der Waals surface area contributed by atoms with Crippen LogP contribution in [0.15, 0.2) is 71.9 Å². The highest BCUT2D eigenvalue weighted by molar-refractivity contribution is 7.99. The first-order valence-electron chi connectivity index (χ1n) is 18.1. The smallest absolute Gasteiger partial charge is 0.219 e. The van der Waals surface area contributed by atoms with Gasteiger partial charge in [0.1, 0.15) is 11.3 Å². The Morgan fingerprint density at radius 1 is 0.900 bits per heavy atom. The number of fused-ring (bicyclic) bond motifs is 3. The van der Waals surface area contributed by atoms with Crippen molar-refractivity contribution < 1.29 is 9.53 Å². The molecule has 0 bridgehead atoms. The van der Waals surface area contributed by atoms with E-state index in [2.05, 4.69) is 98.0 Å². The van der Waals surface area contributed by atoms with Gasteiger partial charge in [0.2, 0.25) is 11.1 Å². The van der Waals surface area contributed by atoms with E-state index in [4.69, 9.17) is 21.3 Å². The number of rotatable bonds is 18. The maximum absolute atomic E-state index is 12.5. The quantitative estimate of drug-likeness (QED) is 0.0719. The molecular formula is C41H52ClN5O2S. The zero-order chi connectivity index (χ0) is 35.7. The number of nitrogens with zero attached hydrogens (tertiary/aromatic N) is 4. The first-order chi connectivity index (χ1) is 24.0. The number of carbonyl (C=O) groups excluding carboxylic acids is 1. The largest absolute Gasteiger partial charge is 0.493 e. The summed E-state index contributed by atoms with van der Waals surface area (Å²) >= 11 is 7.85. The van der Waals surface area contributed by atoms with Gasteiger partial charge in [0.15, 0.2) is 5.65 Å². The number of para-hydroxylation sites is 1. The summed E-state index contributed by atoms with van der Waals surface area (Å²) in [6, 6.07) is 22.8. The van der Waals surface area contributed by atoms with Crippen molar-refractivity contribution in [3.63, 3.8) is 0 Å². The molecule has 1 N–H and O–H groups in total. The second-order valence-corrected chi connectivity index (χ2v) is 15.9. The number of nitrogens with one attached hydrogen (secondary N) is 1. The summed E-state index contributed by atoms with van der Waals surface area (Å²) in [7, 11) is 0. The normalized spacial score (nSPS) is 12.1. The average Bonchev–Trinajstić information content (AvgIpc) is 3.41. The third-order valence-corrected chi connectivity index (χ3v) is 11.2. The van der Waals surface area contributed by atoms with E-state index in [9.17, 15) is 4.79 Å². The summed E-state index contributed by atoms with van der Waals surface area (Å²) in [4.78, 5) is 17.4. The van der Waals surface area contributed by atoms with Crippen LogP contribution in [0.25, 0.3) is 22.1 Å². The van der Waals surface area contributed by atoms with Gasteiger partial charge in [0.25, 0.3) is 0 Å². The number of hydrogen-bond acceptors (Lipinski definition) is 6. The first kappa shape index (κ1) is 37.6. The highest BCUT2D eigenvalue weighted by Gasteiger charge is 2.26. The molecule has 0 saturated heterocycles. The number of unbranched alkanes of at least 4 members (excludes halogenated alkanes) is 2. The fourth-order valence-electron chi connectivity index (χ4n) is 6.01. The van der Waals surface area contributed by atoms with E-state index in [0.717, 1.165) is 77.7 Å². The molecular weight excluding hydrogens is 662 g/mol. The highest BCUT2D eigenvalue weighted by atomic mass is 35.5. The Balaban J connectivity index is 1.04. The van der Waals surface area contributed by atoms with Gasteiger partial charge >= 0.3 is 0 Å². The number of hydrogen-bond donors (Lipinski definition) is 1. The lowest BCUT2D eigenvalue weighted by Gasteiger charge is -2.30. The van der Waals surface area contributed by atoms with Crippen LogP contribution in [0.1, 0.15) is 103 Å². The summed E-state index contributed by atoms with van der Waals surface area (Å²) in [6.45, 7) is 15.6. The SMILES string of the molecule is CCC(C)(C)c1ccc(OCCCCNC(=O)CCCCSc2nnc3c4ccccc4n(Cc4cccc(Cl)c4)c3n2)c(C(C)(C)CC)c1. The molecule has 3 aromatic carbocycles. The van der Waals surface area contributed by atoms with E-state index >= 15 is 0 Å². The lowest BCUT2D eigenvalue weighted by Crippen LogP contribution is -2.24. The van der Waals surface area contributed by atoms with Crippen molar-refractivity contribution in [1.82, 2.24) is 25.1 Å². The van der Waals surface area contributed by atoms with Gasteiger partial charge in [0.05, 0.1) is 12.1 Å². The summed E-state index contributed by atoms with van der Waals surface area (Å²) < 4.78 is 8.48. The van der Waals surface area contributed by atoms with Gasteiger partial charge in [-0.1, -0.05) is 107 Å². The lowest BCUT2D eigenvalue weighted by molar-refractivity contribution is -0.121. The Morgan fingerprint density at radius 3 is 2.48 bits per heavy atom. The van der Waals surface area contributed by atoms with Gasteiger partial charge < -0.3 is 14.6 Å². The Hall–Kier alpha value is -3.62. The van der Waals surface area contributed by atoms with E-state index in [1.54, 1.807) is 11.8 Å². The number of ether oxygens (including phenoxy) is 1. The maximum Gasteiger partial charge on any atom is 0.219 e. The number of amides is 1. The molecule has 0 aliphatic rings. The molecule has 1 amide bonds. The summed E-state index contributed by atoms with van der Waals surface area (Å²) in [6.07, 6.45) is 6.13. The zero-order valence-corrected chi connectivity index (χ0v) is 32.1. The molecule has 0 aliphatic carbocycles. The number of thioether (sulfide) groups is 1. The van der Waals surface area contributed by atoms with E-state index < -0.39 is 0 Å². The third kappa shape index (κ3) is 9.38. The molecule has 9 heteroatoms. The zero-order valence-electron chi connectivity index (χ0n) is 30.5. The number of halogens is 1. The van der Waals surface area contributed by atoms with Crippen LogP contribution >= 0.6 is 23.4 Å². The fraction of sp³-hybridized carbons (Fsp3) is 0.463. The van der Waals surface area contributed by atoms with Crippen molar-refractivity contribution in [2.45, 2.75) is 109 Å². The van der Waals surface area contributed by atoms with Gasteiger partial charge in [-0.15, -0.1) is 10.2 Å². The van der Waals surface area contributed by atoms with Crippen LogP contribution in [0.4, 0.5) is 0 Å². The van der Waals surface area contributed by atoms with Crippen LogP contribution in [0.3, 0.4) is 0 Å².